The number of nitrogens with zero attached hydrogens (tertiary/aromatic N) is 1. The van der Waals surface area contributed by atoms with Crippen LogP contribution in [0.4, 0.5) is 0 Å². The second-order valence-corrected chi connectivity index (χ2v) is 3.08. The first-order valence-electron chi connectivity index (χ1n) is 4.98. The molecule has 0 unspecified atom stereocenters. The van der Waals surface area contributed by atoms with Crippen molar-refractivity contribution in [1.29, 1.82) is 5.26 Å². The van der Waals surface area contributed by atoms with Crippen molar-refractivity contribution in [3.63, 3.8) is 0 Å². The Balaban J connectivity index is 2.82. The highest BCUT2D eigenvalue weighted by Crippen LogP contribution is 2.28. The minimum absolute atomic E-state index is 0.525. The lowest BCUT2D eigenvalue weighted by Gasteiger charge is -2.10. The molecule has 3 heteroatoms. The highest BCUT2D eigenvalue weighted by molar-refractivity contribution is 5.43. The minimum Gasteiger partial charge on any atom is -0.493 e. The normalized spacial score (nSPS) is 9.40. The van der Waals surface area contributed by atoms with Gasteiger partial charge in [-0.2, -0.15) is 5.26 Å². The number of nitriles is 1. The highest BCUT2D eigenvalue weighted by Gasteiger charge is 2.04. The molecule has 0 heterocycles. The van der Waals surface area contributed by atoms with Gasteiger partial charge in [0, 0.05) is 6.42 Å². The van der Waals surface area contributed by atoms with Gasteiger partial charge in [0.25, 0.3) is 0 Å². The summed E-state index contributed by atoms with van der Waals surface area (Å²) in [7, 11) is 1.62. The summed E-state index contributed by atoms with van der Waals surface area (Å²) in [6.45, 7) is 2.55. The van der Waals surface area contributed by atoms with Gasteiger partial charge in [-0.1, -0.05) is 6.07 Å². The molecule has 0 aromatic heterocycles. The Labute approximate surface area is 90.2 Å². The summed E-state index contributed by atoms with van der Waals surface area (Å²) in [4.78, 5) is 0. The number of benzene rings is 1. The Morgan fingerprint density at radius 1 is 1.33 bits per heavy atom. The van der Waals surface area contributed by atoms with Crippen molar-refractivity contribution < 1.29 is 9.47 Å². The lowest BCUT2D eigenvalue weighted by atomic mass is 10.1. The zero-order chi connectivity index (χ0) is 11.1. The molecule has 0 aliphatic rings. The van der Waals surface area contributed by atoms with Crippen LogP contribution in [-0.2, 0) is 6.42 Å². The van der Waals surface area contributed by atoms with Gasteiger partial charge in [0.2, 0.25) is 0 Å². The lowest BCUT2D eigenvalue weighted by Crippen LogP contribution is -1.96. The van der Waals surface area contributed by atoms with E-state index in [0.29, 0.717) is 13.0 Å². The number of rotatable bonds is 5. The van der Waals surface area contributed by atoms with Crippen LogP contribution in [0.25, 0.3) is 0 Å². The van der Waals surface area contributed by atoms with Crippen molar-refractivity contribution in [2.45, 2.75) is 19.8 Å². The molecule has 0 saturated heterocycles. The molecule has 0 spiro atoms. The Bertz CT molecular complexity index is 355. The maximum absolute atomic E-state index is 8.49. The minimum atomic E-state index is 0.525. The van der Waals surface area contributed by atoms with E-state index in [-0.39, 0.29) is 0 Å². The van der Waals surface area contributed by atoms with Crippen molar-refractivity contribution in [3.8, 4) is 17.6 Å². The Morgan fingerprint density at radius 2 is 2.13 bits per heavy atom. The quantitative estimate of drug-likeness (QED) is 0.741. The Morgan fingerprint density at radius 3 is 2.73 bits per heavy atom. The summed E-state index contributed by atoms with van der Waals surface area (Å²) in [6.07, 6.45) is 1.27. The van der Waals surface area contributed by atoms with Crippen molar-refractivity contribution >= 4 is 0 Å². The smallest absolute Gasteiger partial charge is 0.161 e. The average molecular weight is 205 g/mol. The molecule has 3 nitrogen and oxygen atoms in total. The summed E-state index contributed by atoms with van der Waals surface area (Å²) in [5.41, 5.74) is 1.09. The second-order valence-electron chi connectivity index (χ2n) is 3.08. The Kier molecular flexibility index (Phi) is 4.49. The van der Waals surface area contributed by atoms with Crippen LogP contribution >= 0.6 is 0 Å². The van der Waals surface area contributed by atoms with Crippen molar-refractivity contribution in [3.05, 3.63) is 23.8 Å². The fourth-order valence-electron chi connectivity index (χ4n) is 1.34. The van der Waals surface area contributed by atoms with Crippen LogP contribution in [0.1, 0.15) is 18.9 Å². The molecule has 0 fully saturated rings. The molecule has 15 heavy (non-hydrogen) atoms. The van der Waals surface area contributed by atoms with Gasteiger partial charge in [-0.25, -0.2) is 0 Å². The number of ether oxygens (including phenoxy) is 2. The molecule has 0 bridgehead atoms. The molecule has 0 radical (unpaired) electrons. The van der Waals surface area contributed by atoms with Crippen LogP contribution in [0.5, 0.6) is 11.5 Å². The molecular formula is C12H15NO2. The number of hydrogen-bond acceptors (Lipinski definition) is 3. The molecule has 1 aromatic rings. The summed E-state index contributed by atoms with van der Waals surface area (Å²) in [6, 6.07) is 7.89. The van der Waals surface area contributed by atoms with Gasteiger partial charge < -0.3 is 9.47 Å². The molecule has 0 atom stereocenters. The van der Waals surface area contributed by atoms with Gasteiger partial charge in [-0.05, 0) is 31.0 Å². The molecule has 0 aliphatic heterocycles. The molecule has 1 aromatic carbocycles. The standard InChI is InChI=1S/C12H15NO2/c1-3-15-11-7-6-10(5-4-8-13)9-12(11)14-2/h6-7,9H,3-5H2,1-2H3. The van der Waals surface area contributed by atoms with E-state index in [1.807, 2.05) is 25.1 Å². The first-order chi connectivity index (χ1) is 7.31. The van der Waals surface area contributed by atoms with Gasteiger partial charge in [0.05, 0.1) is 19.8 Å². The lowest BCUT2D eigenvalue weighted by molar-refractivity contribution is 0.310. The van der Waals surface area contributed by atoms with Crippen LogP contribution in [0.3, 0.4) is 0 Å². The molecule has 0 amide bonds. The number of hydrogen-bond donors (Lipinski definition) is 0. The third kappa shape index (κ3) is 3.17. The molecule has 0 saturated carbocycles. The van der Waals surface area contributed by atoms with E-state index in [2.05, 4.69) is 6.07 Å². The van der Waals surface area contributed by atoms with Crippen molar-refractivity contribution in [2.24, 2.45) is 0 Å². The first-order valence-corrected chi connectivity index (χ1v) is 4.98. The van der Waals surface area contributed by atoms with E-state index in [1.54, 1.807) is 7.11 Å². The van der Waals surface area contributed by atoms with Crippen LogP contribution in [0, 0.1) is 11.3 Å². The van der Waals surface area contributed by atoms with Crippen LogP contribution in [0.15, 0.2) is 18.2 Å². The molecular weight excluding hydrogens is 190 g/mol. The molecule has 80 valence electrons. The summed E-state index contributed by atoms with van der Waals surface area (Å²) >= 11 is 0. The van der Waals surface area contributed by atoms with Gasteiger partial charge in [-0.15, -0.1) is 0 Å². The van der Waals surface area contributed by atoms with E-state index in [4.69, 9.17) is 14.7 Å². The monoisotopic (exact) mass is 205 g/mol. The van der Waals surface area contributed by atoms with E-state index in [1.165, 1.54) is 0 Å². The van der Waals surface area contributed by atoms with E-state index < -0.39 is 0 Å². The first kappa shape index (κ1) is 11.4. The zero-order valence-corrected chi connectivity index (χ0v) is 9.12. The van der Waals surface area contributed by atoms with Gasteiger partial charge in [0.1, 0.15) is 0 Å². The van der Waals surface area contributed by atoms with Crippen LogP contribution in [0.2, 0.25) is 0 Å². The third-order valence-corrected chi connectivity index (χ3v) is 2.05. The number of methoxy groups -OCH3 is 1. The van der Waals surface area contributed by atoms with Gasteiger partial charge in [0.15, 0.2) is 11.5 Å². The molecule has 0 aliphatic carbocycles. The second kappa shape index (κ2) is 5.92. The zero-order valence-electron chi connectivity index (χ0n) is 9.12. The van der Waals surface area contributed by atoms with E-state index >= 15 is 0 Å². The maximum atomic E-state index is 8.49. The maximum Gasteiger partial charge on any atom is 0.161 e. The summed E-state index contributed by atoms with van der Waals surface area (Å²) in [5, 5.41) is 8.49. The molecule has 1 rings (SSSR count). The largest absolute Gasteiger partial charge is 0.493 e. The van der Waals surface area contributed by atoms with E-state index in [0.717, 1.165) is 23.5 Å². The number of aryl methyl sites for hydroxylation is 1. The highest BCUT2D eigenvalue weighted by atomic mass is 16.5. The summed E-state index contributed by atoms with van der Waals surface area (Å²) < 4.78 is 10.6. The average Bonchev–Trinajstić information content (AvgIpc) is 2.28. The third-order valence-electron chi connectivity index (χ3n) is 2.05. The van der Waals surface area contributed by atoms with Crippen molar-refractivity contribution in [1.82, 2.24) is 0 Å². The SMILES string of the molecule is CCOc1ccc(CCC#N)cc1OC. The van der Waals surface area contributed by atoms with E-state index in [9.17, 15) is 0 Å². The topological polar surface area (TPSA) is 42.2 Å². The van der Waals surface area contributed by atoms with Gasteiger partial charge in [-0.3, -0.25) is 0 Å². The van der Waals surface area contributed by atoms with Crippen molar-refractivity contribution in [2.75, 3.05) is 13.7 Å². The predicted octanol–water partition coefficient (Wildman–Crippen LogP) is 2.55. The van der Waals surface area contributed by atoms with Crippen LogP contribution in [-0.4, -0.2) is 13.7 Å². The summed E-state index contributed by atoms with van der Waals surface area (Å²) in [5.74, 6) is 1.48. The van der Waals surface area contributed by atoms with Gasteiger partial charge >= 0.3 is 0 Å². The van der Waals surface area contributed by atoms with Crippen LogP contribution < -0.4 is 9.47 Å². The Hall–Kier alpha value is -1.69. The predicted molar refractivity (Wildman–Crippen MR) is 58.1 cm³/mol. The molecule has 0 N–H and O–H groups in total. The fourth-order valence-corrected chi connectivity index (χ4v) is 1.34. The fraction of sp³-hybridized carbons (Fsp3) is 0.417.